The first-order valence-electron chi connectivity index (χ1n) is 14.4. The molecule has 43 heavy (non-hydrogen) atoms. The Bertz CT molecular complexity index is 1450. The van der Waals surface area contributed by atoms with E-state index in [1.807, 2.05) is 19.9 Å². The van der Waals surface area contributed by atoms with Crippen LogP contribution >= 0.6 is 0 Å². The number of halogens is 1. The van der Waals surface area contributed by atoms with Gasteiger partial charge in [-0.25, -0.2) is 12.8 Å². The Balaban J connectivity index is 2.05. The van der Waals surface area contributed by atoms with Crippen molar-refractivity contribution in [2.75, 3.05) is 31.1 Å². The van der Waals surface area contributed by atoms with Crippen molar-refractivity contribution < 1.29 is 31.9 Å². The van der Waals surface area contributed by atoms with E-state index in [0.717, 1.165) is 41.4 Å². The summed E-state index contributed by atoms with van der Waals surface area (Å²) in [5.74, 6) is -0.375. The molecule has 0 spiro atoms. The average molecular weight is 614 g/mol. The zero-order chi connectivity index (χ0) is 31.4. The Labute approximate surface area is 253 Å². The minimum Gasteiger partial charge on any atom is -0.497 e. The molecular weight excluding hydrogens is 573 g/mol. The van der Waals surface area contributed by atoms with Gasteiger partial charge in [0.2, 0.25) is 11.8 Å². The van der Waals surface area contributed by atoms with Gasteiger partial charge in [0, 0.05) is 13.1 Å². The lowest BCUT2D eigenvalue weighted by Gasteiger charge is -2.33. The number of anilines is 1. The van der Waals surface area contributed by atoms with Crippen molar-refractivity contribution >= 4 is 27.5 Å². The first-order valence-corrected chi connectivity index (χ1v) is 15.8. The van der Waals surface area contributed by atoms with Crippen LogP contribution in [0.4, 0.5) is 10.1 Å². The number of rotatable bonds is 16. The average Bonchev–Trinajstić information content (AvgIpc) is 3.00. The molecule has 9 nitrogen and oxygen atoms in total. The second-order valence-corrected chi connectivity index (χ2v) is 11.7. The molecule has 232 valence electrons. The number of amides is 2. The van der Waals surface area contributed by atoms with E-state index in [2.05, 4.69) is 5.32 Å². The quantitative estimate of drug-likeness (QED) is 0.224. The third-order valence-electron chi connectivity index (χ3n) is 6.82. The van der Waals surface area contributed by atoms with Gasteiger partial charge in [-0.15, -0.1) is 0 Å². The number of benzene rings is 3. The Morgan fingerprint density at radius 3 is 2.26 bits per heavy atom. The van der Waals surface area contributed by atoms with E-state index in [-0.39, 0.29) is 23.0 Å². The molecule has 0 aliphatic rings. The van der Waals surface area contributed by atoms with E-state index in [1.54, 1.807) is 49.4 Å². The molecule has 3 aromatic carbocycles. The number of ether oxygens (including phenoxy) is 2. The predicted molar refractivity (Wildman–Crippen MR) is 164 cm³/mol. The summed E-state index contributed by atoms with van der Waals surface area (Å²) in [6.07, 6.45) is 1.98. The van der Waals surface area contributed by atoms with Crippen LogP contribution in [0, 0.1) is 5.82 Å². The van der Waals surface area contributed by atoms with Crippen molar-refractivity contribution in [1.82, 2.24) is 10.2 Å². The van der Waals surface area contributed by atoms with Crippen molar-refractivity contribution in [2.45, 2.75) is 57.5 Å². The van der Waals surface area contributed by atoms with E-state index in [1.165, 1.54) is 12.0 Å². The number of hydrogen-bond donors (Lipinski definition) is 1. The highest BCUT2D eigenvalue weighted by Gasteiger charge is 2.33. The van der Waals surface area contributed by atoms with Gasteiger partial charge in [-0.05, 0) is 86.0 Å². The zero-order valence-electron chi connectivity index (χ0n) is 25.1. The fourth-order valence-electron chi connectivity index (χ4n) is 4.53. The molecule has 0 bridgehead atoms. The largest absolute Gasteiger partial charge is 0.497 e. The standard InChI is InChI=1S/C32H40FN3O6S/c1-5-8-20-34-32(38)30(6-2)35(22-24-10-9-11-28(21-24)41-4)31(37)23-36(26-14-16-27(17-15-26)42-7-3)43(39,40)29-18-12-25(33)13-19-29/h9-19,21,30H,5-8,20,22-23H2,1-4H3,(H,34,38)/t30-/m1/s1. The fraction of sp³-hybridized carbons (Fsp3) is 0.375. The van der Waals surface area contributed by atoms with E-state index >= 15 is 0 Å². The third kappa shape index (κ3) is 8.93. The molecule has 0 saturated heterocycles. The molecule has 0 saturated carbocycles. The summed E-state index contributed by atoms with van der Waals surface area (Å²) in [7, 11) is -2.79. The third-order valence-corrected chi connectivity index (χ3v) is 8.61. The van der Waals surface area contributed by atoms with Gasteiger partial charge in [0.15, 0.2) is 0 Å². The van der Waals surface area contributed by atoms with Crippen molar-refractivity contribution in [3.05, 3.63) is 84.2 Å². The van der Waals surface area contributed by atoms with Crippen LogP contribution in [-0.2, 0) is 26.2 Å². The van der Waals surface area contributed by atoms with Crippen LogP contribution in [0.25, 0.3) is 0 Å². The minimum atomic E-state index is -4.32. The van der Waals surface area contributed by atoms with Gasteiger partial charge in [0.1, 0.15) is 29.9 Å². The maximum absolute atomic E-state index is 14.1. The molecule has 0 heterocycles. The lowest BCUT2D eigenvalue weighted by molar-refractivity contribution is -0.140. The number of carbonyl (C=O) groups is 2. The van der Waals surface area contributed by atoms with E-state index in [0.29, 0.717) is 36.6 Å². The molecule has 0 aliphatic carbocycles. The van der Waals surface area contributed by atoms with Crippen LogP contribution in [0.5, 0.6) is 11.5 Å². The molecule has 1 atom stereocenters. The second kappa shape index (κ2) is 15.9. The van der Waals surface area contributed by atoms with Crippen LogP contribution < -0.4 is 19.1 Å². The first-order chi connectivity index (χ1) is 20.6. The van der Waals surface area contributed by atoms with Gasteiger partial charge >= 0.3 is 0 Å². The highest BCUT2D eigenvalue weighted by Crippen LogP contribution is 2.27. The van der Waals surface area contributed by atoms with Crippen LogP contribution in [0.15, 0.2) is 77.7 Å². The Morgan fingerprint density at radius 1 is 0.953 bits per heavy atom. The number of hydrogen-bond acceptors (Lipinski definition) is 6. The smallest absolute Gasteiger partial charge is 0.264 e. The van der Waals surface area contributed by atoms with Gasteiger partial charge in [0.05, 0.1) is 24.3 Å². The Kier molecular flexibility index (Phi) is 12.4. The molecule has 1 N–H and O–H groups in total. The molecule has 11 heteroatoms. The lowest BCUT2D eigenvalue weighted by atomic mass is 10.1. The fourth-order valence-corrected chi connectivity index (χ4v) is 5.95. The topological polar surface area (TPSA) is 105 Å². The molecule has 0 aromatic heterocycles. The molecule has 3 aromatic rings. The molecule has 0 unspecified atom stereocenters. The SMILES string of the molecule is CCCCNC(=O)[C@@H](CC)N(Cc1cccc(OC)c1)C(=O)CN(c1ccc(OCC)cc1)S(=O)(=O)c1ccc(F)cc1. The summed E-state index contributed by atoms with van der Waals surface area (Å²) in [4.78, 5) is 28.7. The van der Waals surface area contributed by atoms with Gasteiger partial charge < -0.3 is 19.7 Å². The van der Waals surface area contributed by atoms with E-state index in [4.69, 9.17) is 9.47 Å². The van der Waals surface area contributed by atoms with Crippen molar-refractivity contribution in [1.29, 1.82) is 0 Å². The first kappa shape index (κ1) is 33.4. The van der Waals surface area contributed by atoms with Crippen LogP contribution in [0.3, 0.4) is 0 Å². The summed E-state index contributed by atoms with van der Waals surface area (Å²) in [5, 5.41) is 2.90. The molecule has 0 fully saturated rings. The second-order valence-electron chi connectivity index (χ2n) is 9.83. The van der Waals surface area contributed by atoms with Crippen molar-refractivity contribution in [2.24, 2.45) is 0 Å². The van der Waals surface area contributed by atoms with Gasteiger partial charge in [-0.2, -0.15) is 0 Å². The van der Waals surface area contributed by atoms with Crippen LogP contribution in [-0.4, -0.2) is 58.0 Å². The molecule has 0 radical (unpaired) electrons. The predicted octanol–water partition coefficient (Wildman–Crippen LogP) is 5.15. The van der Waals surface area contributed by atoms with Gasteiger partial charge in [-0.1, -0.05) is 32.4 Å². The monoisotopic (exact) mass is 613 g/mol. The number of nitrogens with zero attached hydrogens (tertiary/aromatic N) is 2. The van der Waals surface area contributed by atoms with E-state index in [9.17, 15) is 22.4 Å². The number of unbranched alkanes of at least 4 members (excludes halogenated alkanes) is 1. The molecule has 3 rings (SSSR count). The summed E-state index contributed by atoms with van der Waals surface area (Å²) >= 11 is 0. The lowest BCUT2D eigenvalue weighted by Crippen LogP contribution is -2.52. The summed E-state index contributed by atoms with van der Waals surface area (Å²) in [5.41, 5.74) is 0.921. The number of methoxy groups -OCH3 is 1. The number of nitrogens with one attached hydrogen (secondary N) is 1. The van der Waals surface area contributed by atoms with Gasteiger partial charge in [0.25, 0.3) is 10.0 Å². The zero-order valence-corrected chi connectivity index (χ0v) is 25.9. The maximum Gasteiger partial charge on any atom is 0.264 e. The van der Waals surface area contributed by atoms with Crippen molar-refractivity contribution in [3.8, 4) is 11.5 Å². The van der Waals surface area contributed by atoms with Crippen molar-refractivity contribution in [3.63, 3.8) is 0 Å². The maximum atomic E-state index is 14.1. The normalized spacial score (nSPS) is 11.8. The van der Waals surface area contributed by atoms with Gasteiger partial charge in [-0.3, -0.25) is 13.9 Å². The molecule has 2 amide bonds. The molecular formula is C32H40FN3O6S. The van der Waals surface area contributed by atoms with Crippen LogP contribution in [0.1, 0.15) is 45.6 Å². The highest BCUT2D eigenvalue weighted by molar-refractivity contribution is 7.92. The summed E-state index contributed by atoms with van der Waals surface area (Å²) in [6.45, 7) is 5.98. The highest BCUT2D eigenvalue weighted by atomic mass is 32.2. The molecule has 0 aliphatic heterocycles. The minimum absolute atomic E-state index is 0.0451. The van der Waals surface area contributed by atoms with E-state index < -0.39 is 34.3 Å². The van der Waals surface area contributed by atoms with Crippen LogP contribution in [0.2, 0.25) is 0 Å². The number of sulfonamides is 1. The Hall–Kier alpha value is -4.12. The summed E-state index contributed by atoms with van der Waals surface area (Å²) < 4.78 is 53.3. The Morgan fingerprint density at radius 2 is 1.65 bits per heavy atom. The number of carbonyl (C=O) groups excluding carboxylic acids is 2. The summed E-state index contributed by atoms with van der Waals surface area (Å²) in [6, 6.07) is 17.0.